The standard InChI is InChI=1S/C17H20N2O2S/c1-13-5-7-16(8-6-13)22(20,21)19-9-3-4-17(19)15-10-14(2)11-18-12-15/h5-8,10-12,17H,3-4,9H2,1-2H3/t17-/m0/s1. The molecule has 1 atom stereocenters. The minimum atomic E-state index is -3.46. The lowest BCUT2D eigenvalue weighted by Crippen LogP contribution is -2.30. The van der Waals surface area contributed by atoms with Gasteiger partial charge in [0, 0.05) is 18.9 Å². The molecule has 1 aliphatic heterocycles. The van der Waals surface area contributed by atoms with Crippen LogP contribution in [-0.4, -0.2) is 24.3 Å². The van der Waals surface area contributed by atoms with Gasteiger partial charge in [-0.2, -0.15) is 4.31 Å². The van der Waals surface area contributed by atoms with Crippen LogP contribution in [0.3, 0.4) is 0 Å². The summed E-state index contributed by atoms with van der Waals surface area (Å²) in [4.78, 5) is 4.57. The smallest absolute Gasteiger partial charge is 0.243 e. The second kappa shape index (κ2) is 5.82. The molecule has 1 aliphatic rings. The maximum atomic E-state index is 12.9. The lowest BCUT2D eigenvalue weighted by atomic mass is 10.1. The molecule has 0 aliphatic carbocycles. The first-order chi connectivity index (χ1) is 10.5. The van der Waals surface area contributed by atoms with E-state index < -0.39 is 10.0 Å². The van der Waals surface area contributed by atoms with Gasteiger partial charge in [0.25, 0.3) is 0 Å². The molecule has 2 aromatic rings. The lowest BCUT2D eigenvalue weighted by molar-refractivity contribution is 0.396. The highest BCUT2D eigenvalue weighted by atomic mass is 32.2. The van der Waals surface area contributed by atoms with E-state index in [1.807, 2.05) is 32.0 Å². The summed E-state index contributed by atoms with van der Waals surface area (Å²) in [6.07, 6.45) is 5.29. The van der Waals surface area contributed by atoms with Crippen molar-refractivity contribution in [2.75, 3.05) is 6.54 Å². The lowest BCUT2D eigenvalue weighted by Gasteiger charge is -2.24. The van der Waals surface area contributed by atoms with E-state index in [-0.39, 0.29) is 6.04 Å². The van der Waals surface area contributed by atoms with Gasteiger partial charge in [-0.3, -0.25) is 4.98 Å². The van der Waals surface area contributed by atoms with Gasteiger partial charge in [0.2, 0.25) is 10.0 Å². The molecule has 0 radical (unpaired) electrons. The fourth-order valence-corrected chi connectivity index (χ4v) is 4.65. The van der Waals surface area contributed by atoms with Crippen LogP contribution < -0.4 is 0 Å². The van der Waals surface area contributed by atoms with Gasteiger partial charge in [-0.1, -0.05) is 23.8 Å². The van der Waals surface area contributed by atoms with Crippen molar-refractivity contribution in [2.45, 2.75) is 37.6 Å². The molecule has 1 fully saturated rings. The fourth-order valence-electron chi connectivity index (χ4n) is 2.97. The zero-order valence-corrected chi connectivity index (χ0v) is 13.7. The third-order valence-electron chi connectivity index (χ3n) is 4.11. The van der Waals surface area contributed by atoms with Crippen molar-refractivity contribution in [1.82, 2.24) is 9.29 Å². The van der Waals surface area contributed by atoms with Crippen LogP contribution in [0.5, 0.6) is 0 Å². The summed E-state index contributed by atoms with van der Waals surface area (Å²) in [7, 11) is -3.46. The van der Waals surface area contributed by atoms with Gasteiger partial charge in [-0.25, -0.2) is 8.42 Å². The topological polar surface area (TPSA) is 50.3 Å². The highest BCUT2D eigenvalue weighted by Crippen LogP contribution is 2.36. The molecular formula is C17H20N2O2S. The molecule has 0 saturated carbocycles. The van der Waals surface area contributed by atoms with Gasteiger partial charge >= 0.3 is 0 Å². The van der Waals surface area contributed by atoms with E-state index in [1.54, 1.807) is 28.8 Å². The zero-order chi connectivity index (χ0) is 15.7. The van der Waals surface area contributed by atoms with Crippen molar-refractivity contribution in [3.05, 3.63) is 59.4 Å². The number of benzene rings is 1. The van der Waals surface area contributed by atoms with E-state index in [2.05, 4.69) is 4.98 Å². The summed E-state index contributed by atoms with van der Waals surface area (Å²) in [6.45, 7) is 4.49. The Morgan fingerprint density at radius 2 is 1.82 bits per heavy atom. The predicted octanol–water partition coefficient (Wildman–Crippen LogP) is 3.22. The molecule has 2 heterocycles. The Morgan fingerprint density at radius 3 is 2.50 bits per heavy atom. The van der Waals surface area contributed by atoms with Gasteiger partial charge in [0.05, 0.1) is 10.9 Å². The van der Waals surface area contributed by atoms with Crippen LogP contribution in [0.1, 0.15) is 35.6 Å². The molecule has 5 heteroatoms. The molecule has 22 heavy (non-hydrogen) atoms. The van der Waals surface area contributed by atoms with E-state index in [1.165, 1.54) is 0 Å². The van der Waals surface area contributed by atoms with Crippen molar-refractivity contribution in [3.8, 4) is 0 Å². The van der Waals surface area contributed by atoms with Crippen LogP contribution in [-0.2, 0) is 10.0 Å². The monoisotopic (exact) mass is 316 g/mol. The number of aryl methyl sites for hydroxylation is 2. The van der Waals surface area contributed by atoms with E-state index in [0.29, 0.717) is 11.4 Å². The number of aromatic nitrogens is 1. The van der Waals surface area contributed by atoms with Crippen molar-refractivity contribution in [3.63, 3.8) is 0 Å². The molecule has 0 unspecified atom stereocenters. The highest BCUT2D eigenvalue weighted by Gasteiger charge is 2.36. The normalized spacial score (nSPS) is 19.5. The third-order valence-corrected chi connectivity index (χ3v) is 6.03. The molecule has 1 aromatic carbocycles. The minimum Gasteiger partial charge on any atom is -0.264 e. The first kappa shape index (κ1) is 15.2. The first-order valence-electron chi connectivity index (χ1n) is 7.48. The number of pyridine rings is 1. The van der Waals surface area contributed by atoms with Gasteiger partial charge in [-0.05, 0) is 49.9 Å². The maximum absolute atomic E-state index is 12.9. The summed E-state index contributed by atoms with van der Waals surface area (Å²) in [5.74, 6) is 0. The molecular weight excluding hydrogens is 296 g/mol. The van der Waals surface area contributed by atoms with E-state index in [9.17, 15) is 8.42 Å². The van der Waals surface area contributed by atoms with Crippen molar-refractivity contribution >= 4 is 10.0 Å². The quantitative estimate of drug-likeness (QED) is 0.873. The molecule has 0 amide bonds. The zero-order valence-electron chi connectivity index (χ0n) is 12.9. The molecule has 0 bridgehead atoms. The molecule has 1 saturated heterocycles. The number of nitrogens with zero attached hydrogens (tertiary/aromatic N) is 2. The first-order valence-corrected chi connectivity index (χ1v) is 8.92. The molecule has 0 N–H and O–H groups in total. The SMILES string of the molecule is Cc1ccc(S(=O)(=O)N2CCC[C@H]2c2cncc(C)c2)cc1. The average molecular weight is 316 g/mol. The van der Waals surface area contributed by atoms with Crippen LogP contribution in [0.25, 0.3) is 0 Å². The Kier molecular flexibility index (Phi) is 4.02. The second-order valence-corrected chi connectivity index (χ2v) is 7.77. The maximum Gasteiger partial charge on any atom is 0.243 e. The van der Waals surface area contributed by atoms with Gasteiger partial charge in [0.15, 0.2) is 0 Å². The van der Waals surface area contributed by atoms with Crippen LogP contribution in [0.2, 0.25) is 0 Å². The average Bonchev–Trinajstić information content (AvgIpc) is 2.98. The summed E-state index contributed by atoms with van der Waals surface area (Å²) >= 11 is 0. The van der Waals surface area contributed by atoms with Crippen LogP contribution in [0.15, 0.2) is 47.6 Å². The predicted molar refractivity (Wildman–Crippen MR) is 86.0 cm³/mol. The minimum absolute atomic E-state index is 0.112. The Morgan fingerprint density at radius 1 is 1.09 bits per heavy atom. The molecule has 3 rings (SSSR count). The summed E-state index contributed by atoms with van der Waals surface area (Å²) in [5, 5.41) is 0. The Bertz CT molecular complexity index is 770. The van der Waals surface area contributed by atoms with E-state index in [4.69, 9.17) is 0 Å². The van der Waals surface area contributed by atoms with Crippen LogP contribution in [0, 0.1) is 13.8 Å². The van der Waals surface area contributed by atoms with Crippen molar-refractivity contribution in [1.29, 1.82) is 0 Å². The van der Waals surface area contributed by atoms with Crippen LogP contribution >= 0.6 is 0 Å². The third kappa shape index (κ3) is 2.78. The van der Waals surface area contributed by atoms with Gasteiger partial charge < -0.3 is 0 Å². The molecule has 4 nitrogen and oxygen atoms in total. The van der Waals surface area contributed by atoms with Crippen molar-refractivity contribution < 1.29 is 8.42 Å². The largest absolute Gasteiger partial charge is 0.264 e. The number of rotatable bonds is 3. The van der Waals surface area contributed by atoms with E-state index in [0.717, 1.165) is 29.5 Å². The summed E-state index contributed by atoms with van der Waals surface area (Å²) < 4.78 is 27.5. The Hall–Kier alpha value is -1.72. The molecule has 1 aromatic heterocycles. The molecule has 0 spiro atoms. The van der Waals surface area contributed by atoms with Crippen LogP contribution in [0.4, 0.5) is 0 Å². The Balaban J connectivity index is 1.97. The number of sulfonamides is 1. The fraction of sp³-hybridized carbons (Fsp3) is 0.353. The number of hydrogen-bond donors (Lipinski definition) is 0. The summed E-state index contributed by atoms with van der Waals surface area (Å²) in [5.41, 5.74) is 3.09. The van der Waals surface area contributed by atoms with E-state index >= 15 is 0 Å². The molecule has 116 valence electrons. The Labute approximate surface area is 131 Å². The second-order valence-electron chi connectivity index (χ2n) is 5.88. The van der Waals surface area contributed by atoms with Crippen molar-refractivity contribution in [2.24, 2.45) is 0 Å². The van der Waals surface area contributed by atoms with Gasteiger partial charge in [0.1, 0.15) is 0 Å². The number of hydrogen-bond acceptors (Lipinski definition) is 3. The van der Waals surface area contributed by atoms with Gasteiger partial charge in [-0.15, -0.1) is 0 Å². The summed E-state index contributed by atoms with van der Waals surface area (Å²) in [6, 6.07) is 8.97. The highest BCUT2D eigenvalue weighted by molar-refractivity contribution is 7.89.